The number of hydrogen-bond donors (Lipinski definition) is 1. The van der Waals surface area contributed by atoms with Crippen molar-refractivity contribution < 1.29 is 40.7 Å². The fourth-order valence-corrected chi connectivity index (χ4v) is 7.06. The number of rotatable bonds is 6. The Morgan fingerprint density at radius 3 is 1.90 bits per heavy atom. The maximum atomic E-state index is 13.9. The lowest BCUT2D eigenvalue weighted by molar-refractivity contribution is -0.143. The highest BCUT2D eigenvalue weighted by Gasteiger charge is 2.43. The predicted molar refractivity (Wildman–Crippen MR) is 170 cm³/mol. The molecule has 2 atom stereocenters. The number of piperidine rings is 2. The van der Waals surface area contributed by atoms with E-state index in [4.69, 9.17) is 0 Å². The minimum Gasteiger partial charge on any atom is -0.347 e. The molecule has 49 heavy (non-hydrogen) atoms. The highest BCUT2D eigenvalue weighted by molar-refractivity contribution is 5.81. The summed E-state index contributed by atoms with van der Waals surface area (Å²) in [5.74, 6) is -1.74. The van der Waals surface area contributed by atoms with Crippen LogP contribution in [0.4, 0.5) is 31.1 Å². The first-order valence-corrected chi connectivity index (χ1v) is 16.0. The van der Waals surface area contributed by atoms with Gasteiger partial charge >= 0.3 is 18.4 Å². The van der Waals surface area contributed by atoms with E-state index in [9.17, 15) is 40.7 Å². The molecule has 0 radical (unpaired) electrons. The van der Waals surface area contributed by atoms with Crippen molar-refractivity contribution in [2.24, 2.45) is 5.92 Å². The van der Waals surface area contributed by atoms with Gasteiger partial charge in [-0.1, -0.05) is 60.7 Å². The third kappa shape index (κ3) is 8.19. The Bertz CT molecular complexity index is 1610. The number of benzene rings is 3. The molecule has 3 aromatic rings. The lowest BCUT2D eigenvalue weighted by Crippen LogP contribution is -2.57. The molecule has 1 N–H and O–H groups in total. The average molecular weight is 689 g/mol. The number of carbonyl (C=O) groups excluding carboxylic acids is 3. The van der Waals surface area contributed by atoms with E-state index in [1.54, 1.807) is 21.9 Å². The van der Waals surface area contributed by atoms with E-state index in [-0.39, 0.29) is 43.1 Å². The van der Waals surface area contributed by atoms with Gasteiger partial charge in [0.2, 0.25) is 11.8 Å². The highest BCUT2D eigenvalue weighted by atomic mass is 19.4. The Balaban J connectivity index is 1.32. The van der Waals surface area contributed by atoms with Crippen LogP contribution in [0.25, 0.3) is 0 Å². The first kappa shape index (κ1) is 35.7. The lowest BCUT2D eigenvalue weighted by Gasteiger charge is -2.45. The maximum Gasteiger partial charge on any atom is 0.416 e. The van der Waals surface area contributed by atoms with Crippen molar-refractivity contribution in [3.8, 4) is 0 Å². The predicted octanol–water partition coefficient (Wildman–Crippen LogP) is 7.04. The smallest absolute Gasteiger partial charge is 0.347 e. The molecule has 5 rings (SSSR count). The molecular weight excluding hydrogens is 650 g/mol. The summed E-state index contributed by atoms with van der Waals surface area (Å²) in [6.45, 7) is 2.22. The van der Waals surface area contributed by atoms with Crippen molar-refractivity contribution in [3.63, 3.8) is 0 Å². The summed E-state index contributed by atoms with van der Waals surface area (Å²) in [5, 5.41) is 3.10. The van der Waals surface area contributed by atoms with Gasteiger partial charge in [0, 0.05) is 58.5 Å². The number of nitrogens with zero attached hydrogens (tertiary/aromatic N) is 3. The molecule has 13 heteroatoms. The monoisotopic (exact) mass is 688 g/mol. The Morgan fingerprint density at radius 1 is 0.816 bits per heavy atom. The maximum absolute atomic E-state index is 13.9. The molecule has 2 aliphatic rings. The molecule has 4 amide bonds. The van der Waals surface area contributed by atoms with Gasteiger partial charge < -0.3 is 20.0 Å². The van der Waals surface area contributed by atoms with E-state index < -0.39 is 53.3 Å². The van der Waals surface area contributed by atoms with Crippen LogP contribution in [-0.2, 0) is 34.0 Å². The fourth-order valence-electron chi connectivity index (χ4n) is 7.06. The SMILES string of the molecule is CC(=O)NC1(c2ccccc2)CCN(C(=O)N2CC[C@@H](C(=O)N(C)Cc3cc(C(F)(F)F)cc(C(F)(F)F)c3)[C@H](c3ccccc3)C2)CC1. The van der Waals surface area contributed by atoms with Crippen LogP contribution >= 0.6 is 0 Å². The molecule has 3 aromatic carbocycles. The van der Waals surface area contributed by atoms with Crippen molar-refractivity contribution in [2.45, 2.75) is 56.5 Å². The Morgan fingerprint density at radius 2 is 1.37 bits per heavy atom. The number of carbonyl (C=O) groups is 3. The van der Waals surface area contributed by atoms with E-state index in [0.717, 1.165) is 16.0 Å². The van der Waals surface area contributed by atoms with Gasteiger partial charge in [-0.15, -0.1) is 0 Å². The first-order valence-electron chi connectivity index (χ1n) is 16.0. The van der Waals surface area contributed by atoms with Gasteiger partial charge in [-0.25, -0.2) is 4.79 Å². The number of nitrogens with one attached hydrogen (secondary N) is 1. The van der Waals surface area contributed by atoms with Gasteiger partial charge in [-0.05, 0) is 54.2 Å². The number of halogens is 6. The number of likely N-dealkylation sites (tertiary alicyclic amines) is 2. The minimum atomic E-state index is -5.00. The number of hydrogen-bond acceptors (Lipinski definition) is 3. The molecule has 7 nitrogen and oxygen atoms in total. The van der Waals surface area contributed by atoms with Crippen LogP contribution in [0.2, 0.25) is 0 Å². The molecule has 0 saturated carbocycles. The van der Waals surface area contributed by atoms with Gasteiger partial charge in [0.05, 0.1) is 16.7 Å². The topological polar surface area (TPSA) is 73.0 Å². The van der Waals surface area contributed by atoms with E-state index in [2.05, 4.69) is 5.32 Å². The van der Waals surface area contributed by atoms with Crippen LogP contribution in [-0.4, -0.2) is 65.8 Å². The molecule has 0 aromatic heterocycles. The average Bonchev–Trinajstić information content (AvgIpc) is 3.07. The van der Waals surface area contributed by atoms with Crippen molar-refractivity contribution in [3.05, 3.63) is 107 Å². The summed E-state index contributed by atoms with van der Waals surface area (Å²) in [4.78, 5) is 44.5. The summed E-state index contributed by atoms with van der Waals surface area (Å²) in [7, 11) is 1.36. The molecule has 2 heterocycles. The van der Waals surface area contributed by atoms with Crippen molar-refractivity contribution >= 4 is 17.8 Å². The molecule has 262 valence electrons. The van der Waals surface area contributed by atoms with E-state index in [0.29, 0.717) is 38.1 Å². The van der Waals surface area contributed by atoms with Gasteiger partial charge in [0.15, 0.2) is 0 Å². The van der Waals surface area contributed by atoms with E-state index >= 15 is 0 Å². The largest absolute Gasteiger partial charge is 0.416 e. The lowest BCUT2D eigenvalue weighted by atomic mass is 9.79. The number of urea groups is 1. The fraction of sp³-hybridized carbons (Fsp3) is 0.417. The molecule has 2 fully saturated rings. The van der Waals surface area contributed by atoms with E-state index in [1.165, 1.54) is 14.0 Å². The normalized spacial score (nSPS) is 19.7. The summed E-state index contributed by atoms with van der Waals surface area (Å²) in [6, 6.07) is 19.8. The molecular formula is C36H38F6N4O3. The van der Waals surface area contributed by atoms with Crippen LogP contribution in [0.15, 0.2) is 78.9 Å². The van der Waals surface area contributed by atoms with Crippen molar-refractivity contribution in [1.29, 1.82) is 0 Å². The zero-order chi connectivity index (χ0) is 35.6. The molecule has 2 aliphatic heterocycles. The molecule has 2 saturated heterocycles. The second-order valence-electron chi connectivity index (χ2n) is 12.9. The van der Waals surface area contributed by atoms with E-state index in [1.807, 2.05) is 48.5 Å². The van der Waals surface area contributed by atoms with Crippen LogP contribution in [0.5, 0.6) is 0 Å². The zero-order valence-electron chi connectivity index (χ0n) is 27.2. The quantitative estimate of drug-likeness (QED) is 0.283. The standard InChI is InChI=1S/C36H38F6N4O3/c1-24(47)43-34(27-11-7-4-8-12-27)14-17-45(18-15-34)33(49)46-16-13-30(31(23-46)26-9-5-3-6-10-26)32(48)44(2)22-25-19-28(35(37,38)39)21-29(20-25)36(40,41)42/h3-12,19-21,30-31H,13-18,22-23H2,1-2H3,(H,43,47)/t30-,31+/m1/s1. The van der Waals surface area contributed by atoms with Crippen LogP contribution in [0.1, 0.15) is 59.9 Å². The van der Waals surface area contributed by atoms with Gasteiger partial charge in [-0.3, -0.25) is 9.59 Å². The first-order chi connectivity index (χ1) is 23.1. The molecule has 0 bridgehead atoms. The molecule has 0 spiro atoms. The molecule has 0 unspecified atom stereocenters. The Hall–Kier alpha value is -4.55. The van der Waals surface area contributed by atoms with Crippen LogP contribution in [0.3, 0.4) is 0 Å². The molecule has 0 aliphatic carbocycles. The summed E-state index contributed by atoms with van der Waals surface area (Å²) in [6.07, 6.45) is -8.74. The highest BCUT2D eigenvalue weighted by Crippen LogP contribution is 2.39. The minimum absolute atomic E-state index is 0.0628. The summed E-state index contributed by atoms with van der Waals surface area (Å²) < 4.78 is 80.8. The van der Waals surface area contributed by atoms with Crippen LogP contribution < -0.4 is 5.32 Å². The Labute approximate surface area is 280 Å². The van der Waals surface area contributed by atoms with Gasteiger partial charge in [0.1, 0.15) is 0 Å². The summed E-state index contributed by atoms with van der Waals surface area (Å²) >= 11 is 0. The number of alkyl halides is 6. The van der Waals surface area contributed by atoms with Crippen molar-refractivity contribution in [2.75, 3.05) is 33.2 Å². The number of amides is 4. The summed E-state index contributed by atoms with van der Waals surface area (Å²) in [5.41, 5.74) is -2.04. The second-order valence-corrected chi connectivity index (χ2v) is 12.9. The van der Waals surface area contributed by atoms with Crippen molar-refractivity contribution in [1.82, 2.24) is 20.0 Å². The third-order valence-corrected chi connectivity index (χ3v) is 9.50. The second kappa shape index (κ2) is 14.1. The van der Waals surface area contributed by atoms with Gasteiger partial charge in [0.25, 0.3) is 0 Å². The zero-order valence-corrected chi connectivity index (χ0v) is 27.2. The van der Waals surface area contributed by atoms with Gasteiger partial charge in [-0.2, -0.15) is 26.3 Å². The Kier molecular flexibility index (Phi) is 10.3. The van der Waals surface area contributed by atoms with Crippen LogP contribution in [0, 0.1) is 5.92 Å². The third-order valence-electron chi connectivity index (χ3n) is 9.50.